The van der Waals surface area contributed by atoms with Gasteiger partial charge >= 0.3 is 0 Å². The molecule has 0 radical (unpaired) electrons. The van der Waals surface area contributed by atoms with Crippen LogP contribution in [-0.4, -0.2) is 43.1 Å². The summed E-state index contributed by atoms with van der Waals surface area (Å²) >= 11 is 0. The van der Waals surface area contributed by atoms with Gasteiger partial charge in [0.15, 0.2) is 5.76 Å². The van der Waals surface area contributed by atoms with E-state index in [4.69, 9.17) is 13.7 Å². The van der Waals surface area contributed by atoms with Gasteiger partial charge in [-0.2, -0.15) is 9.29 Å². The smallest absolute Gasteiger partial charge is 0.293 e. The zero-order chi connectivity index (χ0) is 19.6. The van der Waals surface area contributed by atoms with Gasteiger partial charge < -0.3 is 13.7 Å². The van der Waals surface area contributed by atoms with Gasteiger partial charge in [-0.25, -0.2) is 8.42 Å². The Bertz CT molecular complexity index is 1050. The second kappa shape index (κ2) is 7.76. The first-order valence-electron chi connectivity index (χ1n) is 9.16. The Morgan fingerprint density at radius 3 is 2.61 bits per heavy atom. The van der Waals surface area contributed by atoms with Crippen molar-refractivity contribution in [1.82, 2.24) is 14.4 Å². The van der Waals surface area contributed by atoms with Gasteiger partial charge in [0.05, 0.1) is 7.11 Å². The molecule has 0 amide bonds. The largest absolute Gasteiger partial charge is 0.497 e. The Morgan fingerprint density at radius 1 is 1.07 bits per heavy atom. The molecule has 9 heteroatoms. The minimum Gasteiger partial charge on any atom is -0.497 e. The molecule has 0 spiro atoms. The topological polar surface area (TPSA) is 98.7 Å². The third-order valence-electron chi connectivity index (χ3n) is 4.71. The predicted octanol–water partition coefficient (Wildman–Crippen LogP) is 3.57. The fraction of sp³-hybridized carbons (Fsp3) is 0.368. The monoisotopic (exact) mass is 403 g/mol. The van der Waals surface area contributed by atoms with Gasteiger partial charge in [0.1, 0.15) is 5.75 Å². The average molecular weight is 403 g/mol. The Kier molecular flexibility index (Phi) is 5.19. The van der Waals surface area contributed by atoms with Crippen molar-refractivity contribution in [2.24, 2.45) is 0 Å². The number of rotatable bonds is 5. The van der Waals surface area contributed by atoms with E-state index in [1.165, 1.54) is 16.4 Å². The molecule has 1 aliphatic rings. The second-order valence-corrected chi connectivity index (χ2v) is 8.46. The highest BCUT2D eigenvalue weighted by Gasteiger charge is 2.29. The SMILES string of the molecule is COc1cccc(-c2noc(-c3ccc(S(=O)(=O)N4CCCCCC4)o3)n2)c1. The summed E-state index contributed by atoms with van der Waals surface area (Å²) in [5.41, 5.74) is 0.721. The van der Waals surface area contributed by atoms with Gasteiger partial charge in [-0.05, 0) is 37.1 Å². The fourth-order valence-corrected chi connectivity index (χ4v) is 4.61. The van der Waals surface area contributed by atoms with Crippen molar-refractivity contribution in [1.29, 1.82) is 0 Å². The lowest BCUT2D eigenvalue weighted by Crippen LogP contribution is -2.31. The predicted molar refractivity (Wildman–Crippen MR) is 101 cm³/mol. The van der Waals surface area contributed by atoms with Crippen molar-refractivity contribution in [2.75, 3.05) is 20.2 Å². The Labute approximate surface area is 163 Å². The van der Waals surface area contributed by atoms with Crippen LogP contribution < -0.4 is 4.74 Å². The molecule has 3 aromatic rings. The Balaban J connectivity index is 1.58. The lowest BCUT2D eigenvalue weighted by molar-refractivity contribution is 0.376. The summed E-state index contributed by atoms with van der Waals surface area (Å²) in [4.78, 5) is 4.31. The first kappa shape index (κ1) is 18.7. The van der Waals surface area contributed by atoms with Crippen molar-refractivity contribution in [3.63, 3.8) is 0 Å². The zero-order valence-corrected chi connectivity index (χ0v) is 16.3. The van der Waals surface area contributed by atoms with Crippen LogP contribution in [0.15, 0.2) is 50.4 Å². The summed E-state index contributed by atoms with van der Waals surface area (Å²) in [5.74, 6) is 1.38. The minimum atomic E-state index is -3.67. The first-order valence-corrected chi connectivity index (χ1v) is 10.6. The number of aromatic nitrogens is 2. The highest BCUT2D eigenvalue weighted by Crippen LogP contribution is 2.29. The van der Waals surface area contributed by atoms with Crippen LogP contribution in [0.2, 0.25) is 0 Å². The molecular formula is C19H21N3O5S. The van der Waals surface area contributed by atoms with E-state index in [1.54, 1.807) is 13.2 Å². The number of furan rings is 1. The number of methoxy groups -OCH3 is 1. The van der Waals surface area contributed by atoms with Gasteiger partial charge in [-0.15, -0.1) is 0 Å². The molecule has 0 unspecified atom stereocenters. The van der Waals surface area contributed by atoms with Gasteiger partial charge in [0.25, 0.3) is 15.9 Å². The van der Waals surface area contributed by atoms with Gasteiger partial charge in [-0.1, -0.05) is 30.1 Å². The lowest BCUT2D eigenvalue weighted by atomic mass is 10.2. The molecule has 1 aromatic carbocycles. The van der Waals surface area contributed by atoms with E-state index in [2.05, 4.69) is 10.1 Å². The molecule has 1 saturated heterocycles. The van der Waals surface area contributed by atoms with E-state index in [1.807, 2.05) is 18.2 Å². The molecule has 0 saturated carbocycles. The molecule has 28 heavy (non-hydrogen) atoms. The molecule has 4 rings (SSSR count). The normalized spacial score (nSPS) is 16.0. The number of ether oxygens (including phenoxy) is 1. The van der Waals surface area contributed by atoms with E-state index in [-0.39, 0.29) is 16.7 Å². The maximum atomic E-state index is 12.8. The van der Waals surface area contributed by atoms with Crippen LogP contribution in [0.4, 0.5) is 0 Å². The zero-order valence-electron chi connectivity index (χ0n) is 15.5. The molecule has 1 fully saturated rings. The molecule has 0 aliphatic carbocycles. The number of hydrogen-bond acceptors (Lipinski definition) is 7. The molecule has 1 aliphatic heterocycles. The van der Waals surface area contributed by atoms with Gasteiger partial charge in [-0.3, -0.25) is 0 Å². The highest BCUT2D eigenvalue weighted by molar-refractivity contribution is 7.89. The summed E-state index contributed by atoms with van der Waals surface area (Å²) in [6.07, 6.45) is 3.82. The van der Waals surface area contributed by atoms with E-state index in [0.717, 1.165) is 31.2 Å². The number of nitrogens with zero attached hydrogens (tertiary/aromatic N) is 3. The van der Waals surface area contributed by atoms with Crippen LogP contribution in [0.1, 0.15) is 25.7 Å². The Hall–Kier alpha value is -2.65. The molecule has 0 bridgehead atoms. The second-order valence-electron chi connectivity index (χ2n) is 6.59. The third kappa shape index (κ3) is 3.67. The van der Waals surface area contributed by atoms with Gasteiger partial charge in [0.2, 0.25) is 10.9 Å². The molecule has 148 valence electrons. The fourth-order valence-electron chi connectivity index (χ4n) is 3.19. The maximum Gasteiger partial charge on any atom is 0.293 e. The first-order chi connectivity index (χ1) is 13.6. The van der Waals surface area contributed by atoms with Crippen molar-refractivity contribution >= 4 is 10.0 Å². The Morgan fingerprint density at radius 2 is 1.86 bits per heavy atom. The van der Waals surface area contributed by atoms with Crippen LogP contribution in [0.25, 0.3) is 23.0 Å². The van der Waals surface area contributed by atoms with Crippen LogP contribution >= 0.6 is 0 Å². The van der Waals surface area contributed by atoms with E-state index < -0.39 is 10.0 Å². The molecule has 2 aromatic heterocycles. The van der Waals surface area contributed by atoms with Gasteiger partial charge in [0, 0.05) is 18.7 Å². The van der Waals surface area contributed by atoms with E-state index in [0.29, 0.717) is 24.7 Å². The van der Waals surface area contributed by atoms with E-state index in [9.17, 15) is 8.42 Å². The van der Waals surface area contributed by atoms with Crippen molar-refractivity contribution in [3.8, 4) is 28.8 Å². The summed E-state index contributed by atoms with van der Waals surface area (Å²) < 4.78 is 43.2. The maximum absolute atomic E-state index is 12.8. The van der Waals surface area contributed by atoms with Crippen molar-refractivity contribution in [2.45, 2.75) is 30.8 Å². The molecule has 0 atom stereocenters. The van der Waals surface area contributed by atoms with Crippen LogP contribution in [0, 0.1) is 0 Å². The molecule has 3 heterocycles. The number of sulfonamides is 1. The molecular weight excluding hydrogens is 382 g/mol. The summed E-state index contributed by atoms with van der Waals surface area (Å²) in [5, 5.41) is 3.84. The summed E-state index contributed by atoms with van der Waals surface area (Å²) in [6.45, 7) is 1.03. The quantitative estimate of drug-likeness (QED) is 0.642. The molecule has 0 N–H and O–H groups in total. The minimum absolute atomic E-state index is 0.106. The number of benzene rings is 1. The van der Waals surface area contributed by atoms with Crippen LogP contribution in [-0.2, 0) is 10.0 Å². The van der Waals surface area contributed by atoms with Crippen LogP contribution in [0.5, 0.6) is 5.75 Å². The standard InChI is InChI=1S/C19H21N3O5S/c1-25-15-8-6-7-14(13-15)18-20-19(27-21-18)16-9-10-17(26-16)28(23,24)22-11-4-2-3-5-12-22/h6-10,13H,2-5,11-12H2,1H3. The van der Waals surface area contributed by atoms with E-state index >= 15 is 0 Å². The average Bonchev–Trinajstić information content (AvgIpc) is 3.32. The lowest BCUT2D eigenvalue weighted by Gasteiger charge is -2.17. The number of hydrogen-bond donors (Lipinski definition) is 0. The third-order valence-corrected chi connectivity index (χ3v) is 6.48. The highest BCUT2D eigenvalue weighted by atomic mass is 32.2. The summed E-state index contributed by atoms with van der Waals surface area (Å²) in [7, 11) is -2.09. The van der Waals surface area contributed by atoms with Crippen LogP contribution in [0.3, 0.4) is 0 Å². The molecule has 8 nitrogen and oxygen atoms in total. The summed E-state index contributed by atoms with van der Waals surface area (Å²) in [6, 6.07) is 10.2. The van der Waals surface area contributed by atoms with Crippen molar-refractivity contribution in [3.05, 3.63) is 36.4 Å². The van der Waals surface area contributed by atoms with Crippen molar-refractivity contribution < 1.29 is 22.1 Å².